The number of nitrogens with one attached hydrogen (secondary N) is 2. The second-order valence-electron chi connectivity index (χ2n) is 12.4. The second kappa shape index (κ2) is 14.4. The number of hydrogen-bond donors (Lipinski definition) is 2. The molecule has 0 bridgehead atoms. The van der Waals surface area contributed by atoms with Crippen LogP contribution in [0.25, 0.3) is 22.2 Å². The third kappa shape index (κ3) is 8.11. The zero-order valence-corrected chi connectivity index (χ0v) is 29.5. The fourth-order valence-electron chi connectivity index (χ4n) is 6.27. The van der Waals surface area contributed by atoms with E-state index in [4.69, 9.17) is 23.2 Å². The lowest BCUT2D eigenvalue weighted by Crippen LogP contribution is -2.44. The Labute approximate surface area is 303 Å². The average molecular weight is 791 g/mol. The van der Waals surface area contributed by atoms with E-state index in [9.17, 15) is 40.1 Å². The summed E-state index contributed by atoms with van der Waals surface area (Å²) >= 11 is 13.0. The number of pyridine rings is 1. The van der Waals surface area contributed by atoms with Crippen molar-refractivity contribution in [1.29, 1.82) is 0 Å². The summed E-state index contributed by atoms with van der Waals surface area (Å²) < 4.78 is 95.9. The second-order valence-corrected chi connectivity index (χ2v) is 15.6. The molecule has 1 unspecified atom stereocenters. The van der Waals surface area contributed by atoms with Gasteiger partial charge in [0, 0.05) is 82.2 Å². The molecule has 4 aromatic rings. The van der Waals surface area contributed by atoms with Crippen molar-refractivity contribution in [2.45, 2.75) is 36.6 Å². The van der Waals surface area contributed by atoms with Gasteiger partial charge in [0.1, 0.15) is 17.9 Å². The molecule has 0 spiro atoms. The predicted molar refractivity (Wildman–Crippen MR) is 189 cm³/mol. The Kier molecular flexibility index (Phi) is 10.4. The summed E-state index contributed by atoms with van der Waals surface area (Å²) in [6, 6.07) is 7.10. The van der Waals surface area contributed by atoms with E-state index in [1.54, 1.807) is 9.80 Å². The number of carbonyl (C=O) groups excluding carboxylic acids is 1. The van der Waals surface area contributed by atoms with E-state index in [0.717, 1.165) is 35.6 Å². The molecule has 278 valence electrons. The first-order chi connectivity index (χ1) is 24.4. The molecule has 2 aromatic heterocycles. The Bertz CT molecular complexity index is 2180. The van der Waals surface area contributed by atoms with Gasteiger partial charge in [-0.25, -0.2) is 4.98 Å². The number of alkyl halides is 6. The van der Waals surface area contributed by atoms with Crippen molar-refractivity contribution >= 4 is 72.9 Å². The standard InChI is InChI=1S/C33H31Cl2F6N7O3S/c1-52(51,18-32(36,37)38)21-14-24(34)28(25(35)15-21)22-12-19-16-43-31(45-29(19)48(30(22)50)17-27(49)47-8-2-3-9-47)44-20-4-5-26(23(13-20)33(39,40)41)46-10-6-42-7-11-46/h4-5,12-16,42H,1-3,6-11,17-18H2,(H,43,44,45). The van der Waals surface area contributed by atoms with E-state index in [1.807, 2.05) is 0 Å². The van der Waals surface area contributed by atoms with Gasteiger partial charge in [-0.1, -0.05) is 23.2 Å². The number of halogens is 8. The molecule has 2 aliphatic rings. The van der Waals surface area contributed by atoms with E-state index in [2.05, 4.69) is 26.5 Å². The molecular formula is C33H31Cl2F6N7O3S. The minimum absolute atomic E-state index is 0.0235. The van der Waals surface area contributed by atoms with Crippen molar-refractivity contribution in [3.05, 3.63) is 68.6 Å². The summed E-state index contributed by atoms with van der Waals surface area (Å²) in [7, 11) is -3.91. The van der Waals surface area contributed by atoms with E-state index < -0.39 is 51.2 Å². The highest BCUT2D eigenvalue weighted by Crippen LogP contribution is 2.40. The van der Waals surface area contributed by atoms with Crippen LogP contribution in [0, 0.1) is 0 Å². The van der Waals surface area contributed by atoms with Crippen LogP contribution in [0.3, 0.4) is 0 Å². The molecule has 2 fully saturated rings. The maximum atomic E-state index is 14.2. The van der Waals surface area contributed by atoms with Gasteiger partial charge in [-0.3, -0.25) is 18.4 Å². The summed E-state index contributed by atoms with van der Waals surface area (Å²) in [5.41, 5.74) is -1.90. The first kappa shape index (κ1) is 37.7. The summed E-state index contributed by atoms with van der Waals surface area (Å²) in [6.07, 6.45) is -6.64. The summed E-state index contributed by atoms with van der Waals surface area (Å²) in [4.78, 5) is 39.0. The molecule has 4 heterocycles. The topological polar surface area (TPSA) is 112 Å². The predicted octanol–water partition coefficient (Wildman–Crippen LogP) is 6.20. The Morgan fingerprint density at radius 1 is 0.981 bits per heavy atom. The highest BCUT2D eigenvalue weighted by atomic mass is 35.5. The number of fused-ring (bicyclic) bond motifs is 1. The lowest BCUT2D eigenvalue weighted by atomic mass is 10.1. The average Bonchev–Trinajstić information content (AvgIpc) is 3.61. The Balaban J connectivity index is 1.43. The van der Waals surface area contributed by atoms with Crippen LogP contribution in [0.2, 0.25) is 10.0 Å². The molecule has 2 aromatic carbocycles. The molecule has 2 aliphatic heterocycles. The number of anilines is 3. The highest BCUT2D eigenvalue weighted by molar-refractivity contribution is 8.00. The van der Waals surface area contributed by atoms with Crippen LogP contribution in [-0.4, -0.2) is 86.6 Å². The number of likely N-dealkylation sites (tertiary alicyclic amines) is 1. The van der Waals surface area contributed by atoms with Crippen LogP contribution >= 0.6 is 23.2 Å². The third-order valence-corrected chi connectivity index (χ3v) is 11.2. The van der Waals surface area contributed by atoms with Gasteiger partial charge in [0.05, 0.1) is 21.2 Å². The lowest BCUT2D eigenvalue weighted by Gasteiger charge is -2.31. The first-order valence-corrected chi connectivity index (χ1v) is 18.6. The van der Waals surface area contributed by atoms with Crippen molar-refractivity contribution in [3.63, 3.8) is 0 Å². The molecule has 0 aliphatic carbocycles. The maximum absolute atomic E-state index is 14.2. The normalized spacial score (nSPS) is 16.7. The molecule has 2 saturated heterocycles. The first-order valence-electron chi connectivity index (χ1n) is 15.9. The highest BCUT2D eigenvalue weighted by Gasteiger charge is 2.36. The van der Waals surface area contributed by atoms with Gasteiger partial charge >= 0.3 is 12.4 Å². The third-order valence-electron chi connectivity index (χ3n) is 8.71. The zero-order chi connectivity index (χ0) is 37.6. The van der Waals surface area contributed by atoms with Crippen molar-refractivity contribution in [2.75, 3.05) is 55.2 Å². The van der Waals surface area contributed by atoms with Gasteiger partial charge in [-0.15, -0.1) is 0 Å². The van der Waals surface area contributed by atoms with Gasteiger partial charge in [0.15, 0.2) is 0 Å². The molecule has 6 rings (SSSR count). The largest absolute Gasteiger partial charge is 0.418 e. The van der Waals surface area contributed by atoms with Gasteiger partial charge in [0.2, 0.25) is 11.9 Å². The molecule has 1 amide bonds. The van der Waals surface area contributed by atoms with E-state index in [1.165, 1.54) is 24.4 Å². The van der Waals surface area contributed by atoms with Gasteiger partial charge in [-0.05, 0) is 55.1 Å². The quantitative estimate of drug-likeness (QED) is 0.161. The maximum Gasteiger partial charge on any atom is 0.418 e. The number of hydrogen-bond acceptors (Lipinski definition) is 8. The van der Waals surface area contributed by atoms with E-state index >= 15 is 0 Å². The Morgan fingerprint density at radius 2 is 1.63 bits per heavy atom. The number of carbonyl (C=O) groups is 1. The number of benzene rings is 2. The molecular weight excluding hydrogens is 759 g/mol. The molecule has 0 radical (unpaired) electrons. The van der Waals surface area contributed by atoms with Gasteiger partial charge < -0.3 is 20.4 Å². The SMILES string of the molecule is C=S(=O)(CC(F)(F)F)c1cc(Cl)c(-c2cc3cnc(Nc4ccc(N5CCNCC5)c(C(F)(F)F)c4)nc3n(CC(=O)N3CCCC3)c2=O)c(Cl)c1. The van der Waals surface area contributed by atoms with Gasteiger partial charge in [0.25, 0.3) is 5.56 Å². The smallest absolute Gasteiger partial charge is 0.368 e. The van der Waals surface area contributed by atoms with Crippen molar-refractivity contribution in [1.82, 2.24) is 24.8 Å². The van der Waals surface area contributed by atoms with Crippen molar-refractivity contribution < 1.29 is 35.3 Å². The number of piperazine rings is 1. The minimum Gasteiger partial charge on any atom is -0.368 e. The van der Waals surface area contributed by atoms with E-state index in [0.29, 0.717) is 39.3 Å². The summed E-state index contributed by atoms with van der Waals surface area (Å²) in [6.45, 7) is 2.33. The molecule has 52 heavy (non-hydrogen) atoms. The number of amides is 1. The number of nitrogens with zero attached hydrogens (tertiary/aromatic N) is 5. The van der Waals surface area contributed by atoms with Crippen LogP contribution in [0.15, 0.2) is 52.3 Å². The summed E-state index contributed by atoms with van der Waals surface area (Å²) in [5, 5.41) is 5.50. The zero-order valence-electron chi connectivity index (χ0n) is 27.2. The van der Waals surface area contributed by atoms with Crippen LogP contribution in [0.1, 0.15) is 18.4 Å². The fourth-order valence-corrected chi connectivity index (χ4v) is 8.45. The monoisotopic (exact) mass is 789 g/mol. The van der Waals surface area contributed by atoms with Crippen LogP contribution < -0.4 is 21.1 Å². The van der Waals surface area contributed by atoms with Crippen molar-refractivity contribution in [2.24, 2.45) is 0 Å². The van der Waals surface area contributed by atoms with E-state index in [-0.39, 0.29) is 54.4 Å². The molecule has 0 saturated carbocycles. The lowest BCUT2D eigenvalue weighted by molar-refractivity contribution is -0.137. The van der Waals surface area contributed by atoms with Crippen molar-refractivity contribution in [3.8, 4) is 11.1 Å². The molecule has 10 nitrogen and oxygen atoms in total. The summed E-state index contributed by atoms with van der Waals surface area (Å²) in [5.74, 6) is 0.942. The number of aromatic nitrogens is 3. The van der Waals surface area contributed by atoms with Crippen LogP contribution in [-0.2, 0) is 27.0 Å². The number of rotatable bonds is 8. The molecule has 1 atom stereocenters. The Morgan fingerprint density at radius 3 is 2.25 bits per heavy atom. The Hall–Kier alpha value is -4.06. The molecule has 19 heteroatoms. The van der Waals surface area contributed by atoms with Crippen LogP contribution in [0.5, 0.6) is 0 Å². The van der Waals surface area contributed by atoms with Gasteiger partial charge in [-0.2, -0.15) is 31.3 Å². The minimum atomic E-state index is -4.80. The molecule has 2 N–H and O–H groups in total. The van der Waals surface area contributed by atoms with Crippen LogP contribution in [0.4, 0.5) is 43.7 Å². The fraction of sp³-hybridized carbons (Fsp3) is 0.364.